The molecule has 110 valence electrons. The standard InChI is InChI=1S/C14H15N3O4/c1-14(13(18)19)6-2-3-12(14)16-10-4-5-11(17(20)21)9(7-10)8-15/h4-5,7,12,16H,2-3,6H2,1H3,(H,18,19). The average molecular weight is 289 g/mol. The Kier molecular flexibility index (Phi) is 3.80. The first-order valence-electron chi connectivity index (χ1n) is 6.57. The monoisotopic (exact) mass is 289 g/mol. The lowest BCUT2D eigenvalue weighted by atomic mass is 9.85. The number of nitrogens with zero attached hydrogens (tertiary/aromatic N) is 2. The van der Waals surface area contributed by atoms with Crippen molar-refractivity contribution in [1.82, 2.24) is 0 Å². The number of carboxylic acid groups (broad SMARTS) is 1. The van der Waals surface area contributed by atoms with Crippen molar-refractivity contribution in [2.45, 2.75) is 32.2 Å². The first-order chi connectivity index (χ1) is 9.88. The van der Waals surface area contributed by atoms with Gasteiger partial charge in [0.2, 0.25) is 0 Å². The number of rotatable bonds is 4. The van der Waals surface area contributed by atoms with E-state index in [1.165, 1.54) is 18.2 Å². The van der Waals surface area contributed by atoms with Gasteiger partial charge in [-0.25, -0.2) is 0 Å². The predicted octanol–water partition coefficient (Wildman–Crippen LogP) is 2.52. The van der Waals surface area contributed by atoms with E-state index < -0.39 is 16.3 Å². The zero-order valence-electron chi connectivity index (χ0n) is 11.5. The van der Waals surface area contributed by atoms with Crippen molar-refractivity contribution in [1.29, 1.82) is 5.26 Å². The fourth-order valence-corrected chi connectivity index (χ4v) is 2.73. The number of nitrogens with one attached hydrogen (secondary N) is 1. The summed E-state index contributed by atoms with van der Waals surface area (Å²) in [5, 5.41) is 32.2. The molecule has 0 bridgehead atoms. The SMILES string of the molecule is CC1(C(=O)O)CCCC1Nc1ccc([N+](=O)[O-])c(C#N)c1. The zero-order valence-corrected chi connectivity index (χ0v) is 11.5. The van der Waals surface area contributed by atoms with Crippen molar-refractivity contribution in [3.63, 3.8) is 0 Å². The summed E-state index contributed by atoms with van der Waals surface area (Å²) >= 11 is 0. The van der Waals surface area contributed by atoms with Gasteiger partial charge in [0.1, 0.15) is 11.6 Å². The van der Waals surface area contributed by atoms with Gasteiger partial charge in [0.25, 0.3) is 5.69 Å². The van der Waals surface area contributed by atoms with E-state index in [2.05, 4.69) is 5.32 Å². The van der Waals surface area contributed by atoms with Gasteiger partial charge in [0.15, 0.2) is 0 Å². The van der Waals surface area contributed by atoms with Gasteiger partial charge in [-0.15, -0.1) is 0 Å². The molecule has 1 aliphatic carbocycles. The van der Waals surface area contributed by atoms with E-state index >= 15 is 0 Å². The van der Waals surface area contributed by atoms with Gasteiger partial charge in [-0.3, -0.25) is 14.9 Å². The van der Waals surface area contributed by atoms with Crippen molar-refractivity contribution in [3.05, 3.63) is 33.9 Å². The maximum atomic E-state index is 11.4. The molecule has 0 saturated heterocycles. The molecule has 2 rings (SSSR count). The van der Waals surface area contributed by atoms with Crippen LogP contribution in [0.3, 0.4) is 0 Å². The minimum atomic E-state index is -0.866. The van der Waals surface area contributed by atoms with E-state index in [0.717, 1.165) is 6.42 Å². The molecule has 1 aromatic rings. The summed E-state index contributed by atoms with van der Waals surface area (Å²) in [5.74, 6) is -0.861. The number of nitriles is 1. The molecule has 7 heteroatoms. The lowest BCUT2D eigenvalue weighted by molar-refractivity contribution is -0.385. The first-order valence-corrected chi connectivity index (χ1v) is 6.57. The Hall–Kier alpha value is -2.62. The smallest absolute Gasteiger partial charge is 0.311 e. The van der Waals surface area contributed by atoms with E-state index in [1.807, 2.05) is 0 Å². The maximum Gasteiger partial charge on any atom is 0.311 e. The highest BCUT2D eigenvalue weighted by atomic mass is 16.6. The molecule has 2 N–H and O–H groups in total. The van der Waals surface area contributed by atoms with Crippen molar-refractivity contribution in [2.24, 2.45) is 5.41 Å². The average Bonchev–Trinajstić information content (AvgIpc) is 2.81. The Morgan fingerprint density at radius 1 is 1.62 bits per heavy atom. The van der Waals surface area contributed by atoms with Gasteiger partial charge in [-0.2, -0.15) is 5.26 Å². The maximum absolute atomic E-state index is 11.4. The summed E-state index contributed by atoms with van der Waals surface area (Å²) < 4.78 is 0. The van der Waals surface area contributed by atoms with Crippen LogP contribution in [0.15, 0.2) is 18.2 Å². The van der Waals surface area contributed by atoms with Gasteiger partial charge < -0.3 is 10.4 Å². The van der Waals surface area contributed by atoms with Crippen molar-refractivity contribution >= 4 is 17.3 Å². The summed E-state index contributed by atoms with van der Waals surface area (Å²) in [6.45, 7) is 1.69. The van der Waals surface area contributed by atoms with Crippen LogP contribution in [0.2, 0.25) is 0 Å². The van der Waals surface area contributed by atoms with Crippen molar-refractivity contribution < 1.29 is 14.8 Å². The highest BCUT2D eigenvalue weighted by Crippen LogP contribution is 2.40. The quantitative estimate of drug-likeness (QED) is 0.649. The number of benzene rings is 1. The number of nitro benzene ring substituents is 1. The van der Waals surface area contributed by atoms with Gasteiger partial charge >= 0.3 is 5.97 Å². The lowest BCUT2D eigenvalue weighted by Gasteiger charge is -2.28. The number of anilines is 1. The normalized spacial score (nSPS) is 24.3. The number of carboxylic acids is 1. The summed E-state index contributed by atoms with van der Waals surface area (Å²) in [5.41, 5.74) is -0.638. The zero-order chi connectivity index (χ0) is 15.6. The number of hydrogen-bond donors (Lipinski definition) is 2. The molecule has 0 radical (unpaired) electrons. The fourth-order valence-electron chi connectivity index (χ4n) is 2.73. The number of nitro groups is 1. The van der Waals surface area contributed by atoms with Crippen LogP contribution >= 0.6 is 0 Å². The van der Waals surface area contributed by atoms with E-state index in [-0.39, 0.29) is 17.3 Å². The van der Waals surface area contributed by atoms with Gasteiger partial charge in [0, 0.05) is 17.8 Å². The van der Waals surface area contributed by atoms with E-state index in [1.54, 1.807) is 13.0 Å². The second kappa shape index (κ2) is 5.40. The molecule has 2 unspecified atom stereocenters. The Morgan fingerprint density at radius 3 is 2.90 bits per heavy atom. The second-order valence-electron chi connectivity index (χ2n) is 5.41. The lowest BCUT2D eigenvalue weighted by Crippen LogP contribution is -2.40. The number of carbonyl (C=O) groups is 1. The third kappa shape index (κ3) is 2.65. The minimum Gasteiger partial charge on any atom is -0.481 e. The van der Waals surface area contributed by atoms with Crippen LogP contribution in [0.5, 0.6) is 0 Å². The molecule has 7 nitrogen and oxygen atoms in total. The number of hydrogen-bond acceptors (Lipinski definition) is 5. The van der Waals surface area contributed by atoms with Crippen molar-refractivity contribution in [3.8, 4) is 6.07 Å². The van der Waals surface area contributed by atoms with Crippen molar-refractivity contribution in [2.75, 3.05) is 5.32 Å². The van der Waals surface area contributed by atoms with E-state index in [9.17, 15) is 20.0 Å². The Bertz CT molecular complexity index is 638. The molecular weight excluding hydrogens is 274 g/mol. The van der Waals surface area contributed by atoms with Crippen LogP contribution < -0.4 is 5.32 Å². The topological polar surface area (TPSA) is 116 Å². The molecule has 0 heterocycles. The molecule has 2 atom stereocenters. The molecule has 21 heavy (non-hydrogen) atoms. The highest BCUT2D eigenvalue weighted by Gasteiger charge is 2.45. The number of aliphatic carboxylic acids is 1. The third-order valence-electron chi connectivity index (χ3n) is 4.10. The molecule has 1 aliphatic rings. The predicted molar refractivity (Wildman–Crippen MR) is 74.8 cm³/mol. The third-order valence-corrected chi connectivity index (χ3v) is 4.10. The summed E-state index contributed by atoms with van der Waals surface area (Å²) in [6.07, 6.45) is 2.10. The first kappa shape index (κ1) is 14.8. The highest BCUT2D eigenvalue weighted by molar-refractivity contribution is 5.76. The Morgan fingerprint density at radius 2 is 2.33 bits per heavy atom. The van der Waals surface area contributed by atoms with Gasteiger partial charge in [-0.05, 0) is 31.9 Å². The van der Waals surface area contributed by atoms with E-state index in [4.69, 9.17) is 5.26 Å². The molecule has 0 amide bonds. The molecule has 0 aromatic heterocycles. The summed E-state index contributed by atoms with van der Waals surface area (Å²) in [6, 6.07) is 5.67. The fraction of sp³-hybridized carbons (Fsp3) is 0.429. The van der Waals surface area contributed by atoms with Crippen LogP contribution in [-0.4, -0.2) is 22.0 Å². The molecule has 0 aliphatic heterocycles. The second-order valence-corrected chi connectivity index (χ2v) is 5.41. The van der Waals surface area contributed by atoms with Gasteiger partial charge in [-0.1, -0.05) is 6.42 Å². The molecule has 1 fully saturated rings. The summed E-state index contributed by atoms with van der Waals surface area (Å²) in [7, 11) is 0. The molecule has 1 saturated carbocycles. The van der Waals surface area contributed by atoms with Gasteiger partial charge in [0.05, 0.1) is 10.3 Å². The Balaban J connectivity index is 2.27. The Labute approximate surface area is 121 Å². The van der Waals surface area contributed by atoms with Crippen LogP contribution in [0.1, 0.15) is 31.7 Å². The van der Waals surface area contributed by atoms with Crippen LogP contribution in [0.25, 0.3) is 0 Å². The van der Waals surface area contributed by atoms with Crippen LogP contribution in [-0.2, 0) is 4.79 Å². The van der Waals surface area contributed by atoms with Crippen LogP contribution in [0.4, 0.5) is 11.4 Å². The largest absolute Gasteiger partial charge is 0.481 e. The molecule has 0 spiro atoms. The van der Waals surface area contributed by atoms with Crippen LogP contribution in [0, 0.1) is 26.9 Å². The molecular formula is C14H15N3O4. The molecule has 1 aromatic carbocycles. The van der Waals surface area contributed by atoms with E-state index in [0.29, 0.717) is 18.5 Å². The summed E-state index contributed by atoms with van der Waals surface area (Å²) in [4.78, 5) is 21.6. The minimum absolute atomic E-state index is 0.0416.